The third kappa shape index (κ3) is 2.79. The summed E-state index contributed by atoms with van der Waals surface area (Å²) in [5.41, 5.74) is 0.907. The fourth-order valence-corrected chi connectivity index (χ4v) is 2.45. The second-order valence-electron chi connectivity index (χ2n) is 5.05. The van der Waals surface area contributed by atoms with Crippen LogP contribution in [0.25, 0.3) is 10.9 Å². The highest BCUT2D eigenvalue weighted by molar-refractivity contribution is 5.87. The number of hydrogen-bond donors (Lipinski definition) is 2. The lowest BCUT2D eigenvalue weighted by Crippen LogP contribution is -2.50. The molecule has 0 radical (unpaired) electrons. The average molecular weight is 285 g/mol. The van der Waals surface area contributed by atoms with E-state index in [4.69, 9.17) is 0 Å². The summed E-state index contributed by atoms with van der Waals surface area (Å²) in [7, 11) is 0. The molecule has 3 rings (SSSR count). The van der Waals surface area contributed by atoms with Crippen LogP contribution in [0.15, 0.2) is 35.1 Å². The first-order chi connectivity index (χ1) is 10.1. The van der Waals surface area contributed by atoms with Crippen molar-refractivity contribution >= 4 is 22.7 Å². The lowest BCUT2D eigenvalue weighted by Gasteiger charge is -2.26. The number of rotatable bonds is 2. The van der Waals surface area contributed by atoms with Crippen molar-refractivity contribution in [2.45, 2.75) is 6.42 Å². The van der Waals surface area contributed by atoms with Crippen LogP contribution in [0.4, 0.5) is 0 Å². The number of aromatic amines is 1. The van der Waals surface area contributed by atoms with Crippen LogP contribution in [0.2, 0.25) is 0 Å². The fraction of sp³-hybridized carbons (Fsp3) is 0.267. The number of amides is 2. The van der Waals surface area contributed by atoms with Gasteiger partial charge in [0.2, 0.25) is 11.8 Å². The number of fused-ring (bicyclic) bond motifs is 1. The maximum Gasteiger partial charge on any atom is 0.252 e. The Kier molecular flexibility index (Phi) is 3.43. The minimum Gasteiger partial charge on any atom is -0.353 e. The highest BCUT2D eigenvalue weighted by atomic mass is 16.2. The van der Waals surface area contributed by atoms with Gasteiger partial charge in [0.05, 0.1) is 13.0 Å². The Morgan fingerprint density at radius 2 is 2.05 bits per heavy atom. The molecule has 1 aliphatic heterocycles. The van der Waals surface area contributed by atoms with Crippen LogP contribution in [0.3, 0.4) is 0 Å². The minimum atomic E-state index is -0.261. The van der Waals surface area contributed by atoms with Gasteiger partial charge in [-0.15, -0.1) is 0 Å². The zero-order valence-electron chi connectivity index (χ0n) is 11.4. The smallest absolute Gasteiger partial charge is 0.252 e. The van der Waals surface area contributed by atoms with Gasteiger partial charge in [0.1, 0.15) is 0 Å². The van der Waals surface area contributed by atoms with E-state index in [1.165, 1.54) is 4.90 Å². The van der Waals surface area contributed by atoms with E-state index in [0.717, 1.165) is 10.9 Å². The van der Waals surface area contributed by atoms with Crippen molar-refractivity contribution in [1.29, 1.82) is 0 Å². The number of carbonyl (C=O) groups excluding carboxylic acids is 2. The van der Waals surface area contributed by atoms with Gasteiger partial charge in [-0.1, -0.05) is 18.2 Å². The average Bonchev–Trinajstić information content (AvgIpc) is 2.48. The molecule has 21 heavy (non-hydrogen) atoms. The summed E-state index contributed by atoms with van der Waals surface area (Å²) < 4.78 is 0. The summed E-state index contributed by atoms with van der Waals surface area (Å²) >= 11 is 0. The van der Waals surface area contributed by atoms with Gasteiger partial charge < -0.3 is 15.2 Å². The van der Waals surface area contributed by atoms with Crippen LogP contribution in [0.1, 0.15) is 5.56 Å². The maximum atomic E-state index is 12.2. The summed E-state index contributed by atoms with van der Waals surface area (Å²) in [6.45, 7) is 0.999. The summed E-state index contributed by atoms with van der Waals surface area (Å²) in [4.78, 5) is 39.8. The van der Waals surface area contributed by atoms with Gasteiger partial charge in [0, 0.05) is 24.2 Å². The Balaban J connectivity index is 1.84. The van der Waals surface area contributed by atoms with Gasteiger partial charge in [0.15, 0.2) is 0 Å². The molecule has 0 spiro atoms. The molecule has 1 aromatic carbocycles. The van der Waals surface area contributed by atoms with Gasteiger partial charge in [-0.2, -0.15) is 0 Å². The Hall–Kier alpha value is -2.63. The van der Waals surface area contributed by atoms with Crippen molar-refractivity contribution < 1.29 is 9.59 Å². The van der Waals surface area contributed by atoms with Gasteiger partial charge >= 0.3 is 0 Å². The van der Waals surface area contributed by atoms with E-state index in [-0.39, 0.29) is 30.3 Å². The molecule has 1 fully saturated rings. The lowest BCUT2D eigenvalue weighted by molar-refractivity contribution is -0.137. The largest absolute Gasteiger partial charge is 0.353 e. The number of para-hydroxylation sites is 1. The SMILES string of the molecule is O=C1CN(C(=O)Cc2cc3ccccc3[nH]c2=O)CCN1. The Morgan fingerprint density at radius 1 is 1.24 bits per heavy atom. The third-order valence-corrected chi connectivity index (χ3v) is 3.56. The molecule has 1 saturated heterocycles. The molecule has 2 heterocycles. The van der Waals surface area contributed by atoms with Crippen molar-refractivity contribution in [2.75, 3.05) is 19.6 Å². The van der Waals surface area contributed by atoms with Crippen LogP contribution < -0.4 is 10.9 Å². The molecule has 2 N–H and O–H groups in total. The van der Waals surface area contributed by atoms with Crippen LogP contribution in [-0.4, -0.2) is 41.3 Å². The molecule has 0 bridgehead atoms. The number of nitrogens with one attached hydrogen (secondary N) is 2. The molecular formula is C15H15N3O3. The monoisotopic (exact) mass is 285 g/mol. The lowest BCUT2D eigenvalue weighted by atomic mass is 10.1. The summed E-state index contributed by atoms with van der Waals surface area (Å²) in [6, 6.07) is 9.15. The van der Waals surface area contributed by atoms with Crippen molar-refractivity contribution in [1.82, 2.24) is 15.2 Å². The highest BCUT2D eigenvalue weighted by Crippen LogP contribution is 2.11. The van der Waals surface area contributed by atoms with Crippen molar-refractivity contribution in [3.8, 4) is 0 Å². The number of pyridine rings is 1. The third-order valence-electron chi connectivity index (χ3n) is 3.56. The first kappa shape index (κ1) is 13.4. The number of benzene rings is 1. The zero-order valence-corrected chi connectivity index (χ0v) is 11.4. The molecule has 2 aromatic rings. The van der Waals surface area contributed by atoms with E-state index in [9.17, 15) is 14.4 Å². The van der Waals surface area contributed by atoms with Gasteiger partial charge in [-0.05, 0) is 17.5 Å². The molecule has 1 aliphatic rings. The Bertz CT molecular complexity index is 766. The van der Waals surface area contributed by atoms with Crippen LogP contribution in [-0.2, 0) is 16.0 Å². The molecule has 1 aromatic heterocycles. The van der Waals surface area contributed by atoms with E-state index in [2.05, 4.69) is 10.3 Å². The van der Waals surface area contributed by atoms with Gasteiger partial charge in [0.25, 0.3) is 5.56 Å². The van der Waals surface area contributed by atoms with Crippen molar-refractivity contribution in [3.63, 3.8) is 0 Å². The van der Waals surface area contributed by atoms with Crippen molar-refractivity contribution in [2.24, 2.45) is 0 Å². The number of aromatic nitrogens is 1. The molecule has 0 saturated carbocycles. The molecule has 0 unspecified atom stereocenters. The van der Waals surface area contributed by atoms with Gasteiger partial charge in [-0.25, -0.2) is 0 Å². The van der Waals surface area contributed by atoms with E-state index >= 15 is 0 Å². The predicted molar refractivity (Wildman–Crippen MR) is 77.9 cm³/mol. The predicted octanol–water partition coefficient (Wildman–Crippen LogP) is 0.0290. The summed E-state index contributed by atoms with van der Waals surface area (Å²) in [6.07, 6.45) is 0.00739. The Labute approximate surface area is 120 Å². The molecular weight excluding hydrogens is 270 g/mol. The molecule has 6 nitrogen and oxygen atoms in total. The quantitative estimate of drug-likeness (QED) is 0.816. The molecule has 0 atom stereocenters. The van der Waals surface area contributed by atoms with E-state index in [1.54, 1.807) is 6.07 Å². The van der Waals surface area contributed by atoms with E-state index in [0.29, 0.717) is 18.7 Å². The standard InChI is InChI=1S/C15H15N3O3/c19-13-9-18(6-5-16-13)14(20)8-11-7-10-3-1-2-4-12(10)17-15(11)21/h1-4,7H,5-6,8-9H2,(H,16,19)(H,17,21). The van der Waals surface area contributed by atoms with Crippen LogP contribution in [0, 0.1) is 0 Å². The second kappa shape index (κ2) is 5.40. The van der Waals surface area contributed by atoms with Crippen molar-refractivity contribution in [3.05, 3.63) is 46.2 Å². The molecule has 6 heteroatoms. The van der Waals surface area contributed by atoms with Crippen LogP contribution >= 0.6 is 0 Å². The van der Waals surface area contributed by atoms with E-state index < -0.39 is 0 Å². The first-order valence-electron chi connectivity index (χ1n) is 6.79. The topological polar surface area (TPSA) is 82.3 Å². The molecule has 0 aliphatic carbocycles. The maximum absolute atomic E-state index is 12.2. The minimum absolute atomic E-state index is 0.00739. The van der Waals surface area contributed by atoms with Crippen LogP contribution in [0.5, 0.6) is 0 Å². The zero-order chi connectivity index (χ0) is 14.8. The fourth-order valence-electron chi connectivity index (χ4n) is 2.45. The highest BCUT2D eigenvalue weighted by Gasteiger charge is 2.21. The number of carbonyl (C=O) groups is 2. The Morgan fingerprint density at radius 3 is 2.86 bits per heavy atom. The number of piperazine rings is 1. The first-order valence-corrected chi connectivity index (χ1v) is 6.79. The number of H-pyrrole nitrogens is 1. The number of hydrogen-bond acceptors (Lipinski definition) is 3. The number of nitrogens with zero attached hydrogens (tertiary/aromatic N) is 1. The normalized spacial score (nSPS) is 15.0. The summed E-state index contributed by atoms with van der Waals surface area (Å²) in [5.74, 6) is -0.368. The van der Waals surface area contributed by atoms with Gasteiger partial charge in [-0.3, -0.25) is 14.4 Å². The summed E-state index contributed by atoms with van der Waals surface area (Å²) in [5, 5.41) is 3.55. The molecule has 108 valence electrons. The molecule has 2 amide bonds. The van der Waals surface area contributed by atoms with E-state index in [1.807, 2.05) is 24.3 Å². The second-order valence-corrected chi connectivity index (χ2v) is 5.05.